The van der Waals surface area contributed by atoms with Crippen LogP contribution in [0.1, 0.15) is 52.7 Å². The molecule has 2 aliphatic heterocycles. The predicted octanol–water partition coefficient (Wildman–Crippen LogP) is 17.9. The fourth-order valence-electron chi connectivity index (χ4n) is 13.6. The second kappa shape index (κ2) is 17.6. The van der Waals surface area contributed by atoms with Gasteiger partial charge in [0.25, 0.3) is 6.71 Å². The zero-order chi connectivity index (χ0) is 53.3. The second-order valence-corrected chi connectivity index (χ2v) is 23.7. The van der Waals surface area contributed by atoms with E-state index in [1.54, 1.807) is 0 Å². The smallest absolute Gasteiger partial charge is 0.252 e. The molecule has 378 valence electrons. The Bertz CT molecular complexity index is 4300. The van der Waals surface area contributed by atoms with Crippen molar-refractivity contribution in [2.45, 2.75) is 52.4 Å². The standard InChI is InChI=1S/C74H59BN4/c1-73(2,3)58-34-21-32-56-54-30-15-19-38-64(54)76(71(56)58)50-42-44-66-60(46-50)75-61-47-51(77-65-39-20-16-31-55(65)57-33-22-35-59(72(57)77)74(4,5)6)43-45-67(61)79(63-37-18-14-29-53(63)49-26-11-8-12-27-49)69-41-23-40-68(70(69)75)78(66)62-36-17-13-28-52(62)48-24-9-7-10-25-48/h7-47H,1-6H3. The SMILES string of the molecule is CC(C)(C)c1cccc2c3ccccc3n(-c3ccc4c(c3)B3c5cc(-n6c7ccccc7c7cccc(C(C)(C)C)c76)ccc5N(c5ccccc5-c5ccccc5)c5cccc(c53)N4c3ccccc3-c3ccccc3)c12. The van der Waals surface area contributed by atoms with Gasteiger partial charge in [-0.05, 0) is 122 Å². The van der Waals surface area contributed by atoms with Crippen LogP contribution in [0.25, 0.3) is 77.2 Å². The van der Waals surface area contributed by atoms with Crippen LogP contribution in [-0.2, 0) is 10.8 Å². The monoisotopic (exact) mass is 1010 g/mol. The predicted molar refractivity (Wildman–Crippen MR) is 337 cm³/mol. The molecule has 0 unspecified atom stereocenters. The maximum atomic E-state index is 2.57. The van der Waals surface area contributed by atoms with E-state index in [-0.39, 0.29) is 17.5 Å². The molecule has 79 heavy (non-hydrogen) atoms. The Morgan fingerprint density at radius 2 is 0.671 bits per heavy atom. The second-order valence-electron chi connectivity index (χ2n) is 23.7. The lowest BCUT2D eigenvalue weighted by Gasteiger charge is -2.45. The zero-order valence-corrected chi connectivity index (χ0v) is 45.5. The molecule has 5 heteroatoms. The molecule has 11 aromatic carbocycles. The van der Waals surface area contributed by atoms with E-state index >= 15 is 0 Å². The maximum Gasteiger partial charge on any atom is 0.252 e. The molecule has 0 saturated carbocycles. The number of anilines is 6. The number of fused-ring (bicyclic) bond motifs is 10. The molecular weight excluding hydrogens is 956 g/mol. The van der Waals surface area contributed by atoms with E-state index in [1.165, 1.54) is 116 Å². The number of benzene rings is 11. The van der Waals surface area contributed by atoms with Gasteiger partial charge in [-0.3, -0.25) is 0 Å². The van der Waals surface area contributed by atoms with E-state index in [4.69, 9.17) is 0 Å². The third-order valence-corrected chi connectivity index (χ3v) is 16.9. The van der Waals surface area contributed by atoms with E-state index in [9.17, 15) is 0 Å². The van der Waals surface area contributed by atoms with Gasteiger partial charge in [-0.25, -0.2) is 0 Å². The third kappa shape index (κ3) is 7.15. The lowest BCUT2D eigenvalue weighted by Crippen LogP contribution is -2.61. The summed E-state index contributed by atoms with van der Waals surface area (Å²) in [5, 5.41) is 5.06. The van der Waals surface area contributed by atoms with Crippen molar-refractivity contribution in [3.05, 3.63) is 260 Å². The van der Waals surface area contributed by atoms with Crippen molar-refractivity contribution in [1.82, 2.24) is 9.13 Å². The van der Waals surface area contributed by atoms with Crippen LogP contribution in [0, 0.1) is 0 Å². The summed E-state index contributed by atoms with van der Waals surface area (Å²) >= 11 is 0. The zero-order valence-electron chi connectivity index (χ0n) is 45.5. The molecule has 0 N–H and O–H groups in total. The summed E-state index contributed by atoms with van der Waals surface area (Å²) < 4.78 is 5.12. The van der Waals surface area contributed by atoms with Crippen molar-refractivity contribution in [2.24, 2.45) is 0 Å². The van der Waals surface area contributed by atoms with Gasteiger partial charge in [-0.2, -0.15) is 0 Å². The largest absolute Gasteiger partial charge is 0.311 e. The van der Waals surface area contributed by atoms with Gasteiger partial charge in [0.15, 0.2) is 0 Å². The van der Waals surface area contributed by atoms with Crippen molar-refractivity contribution in [3.8, 4) is 33.6 Å². The molecule has 0 amide bonds. The molecule has 4 nitrogen and oxygen atoms in total. The van der Waals surface area contributed by atoms with Gasteiger partial charge in [-0.15, -0.1) is 0 Å². The van der Waals surface area contributed by atoms with Crippen molar-refractivity contribution in [2.75, 3.05) is 9.80 Å². The summed E-state index contributed by atoms with van der Waals surface area (Å²) in [6.45, 7) is 13.9. The molecule has 0 fully saturated rings. The maximum absolute atomic E-state index is 2.57. The molecule has 2 aliphatic rings. The summed E-state index contributed by atoms with van der Waals surface area (Å²) in [6, 6.07) is 93.2. The van der Waals surface area contributed by atoms with Gasteiger partial charge in [0.05, 0.1) is 33.4 Å². The molecule has 0 aliphatic carbocycles. The summed E-state index contributed by atoms with van der Waals surface area (Å²) in [5.74, 6) is 0. The third-order valence-electron chi connectivity index (χ3n) is 16.9. The Morgan fingerprint density at radius 3 is 1.11 bits per heavy atom. The molecule has 0 spiro atoms. The molecule has 13 aromatic rings. The van der Waals surface area contributed by atoms with Crippen LogP contribution in [0.5, 0.6) is 0 Å². The first kappa shape index (κ1) is 46.9. The Labute approximate surface area is 463 Å². The molecule has 2 aromatic heterocycles. The van der Waals surface area contributed by atoms with Crippen LogP contribution in [0.2, 0.25) is 0 Å². The molecule has 4 heterocycles. The Hall–Kier alpha value is -9.32. The molecule has 0 radical (unpaired) electrons. The lowest BCUT2D eigenvalue weighted by molar-refractivity contribution is 0.593. The van der Waals surface area contributed by atoms with Crippen LogP contribution < -0.4 is 26.2 Å². The van der Waals surface area contributed by atoms with E-state index in [2.05, 4.69) is 309 Å². The number of aromatic nitrogens is 2. The topological polar surface area (TPSA) is 16.3 Å². The van der Waals surface area contributed by atoms with Crippen molar-refractivity contribution in [1.29, 1.82) is 0 Å². The normalized spacial score (nSPS) is 13.1. The highest BCUT2D eigenvalue weighted by Crippen LogP contribution is 2.49. The summed E-state index contributed by atoms with van der Waals surface area (Å²) in [7, 11) is 0. The van der Waals surface area contributed by atoms with Crippen molar-refractivity contribution >= 4 is 101 Å². The summed E-state index contributed by atoms with van der Waals surface area (Å²) in [5.41, 5.74) is 25.1. The number of nitrogens with zero attached hydrogens (tertiary/aromatic N) is 4. The summed E-state index contributed by atoms with van der Waals surface area (Å²) in [6.07, 6.45) is 0. The van der Waals surface area contributed by atoms with Crippen molar-refractivity contribution < 1.29 is 0 Å². The van der Waals surface area contributed by atoms with Crippen LogP contribution in [0.3, 0.4) is 0 Å². The minimum atomic E-state index is -0.165. The molecule has 0 atom stereocenters. The summed E-state index contributed by atoms with van der Waals surface area (Å²) in [4.78, 5) is 5.14. The van der Waals surface area contributed by atoms with E-state index < -0.39 is 0 Å². The molecule has 15 rings (SSSR count). The Morgan fingerprint density at radius 1 is 0.304 bits per heavy atom. The first-order valence-corrected chi connectivity index (χ1v) is 27.9. The first-order chi connectivity index (χ1) is 38.5. The van der Waals surface area contributed by atoms with Crippen LogP contribution >= 0.6 is 0 Å². The minimum Gasteiger partial charge on any atom is -0.311 e. The number of para-hydroxylation sites is 6. The van der Waals surface area contributed by atoms with Gasteiger partial charge in [0.1, 0.15) is 0 Å². The highest BCUT2D eigenvalue weighted by Gasteiger charge is 2.44. The number of hydrogen-bond acceptors (Lipinski definition) is 2. The van der Waals surface area contributed by atoms with Gasteiger partial charge >= 0.3 is 0 Å². The lowest BCUT2D eigenvalue weighted by atomic mass is 9.33. The van der Waals surface area contributed by atoms with E-state index in [0.29, 0.717) is 0 Å². The molecule has 0 bridgehead atoms. The van der Waals surface area contributed by atoms with Crippen LogP contribution in [0.4, 0.5) is 34.1 Å². The highest BCUT2D eigenvalue weighted by atomic mass is 15.2. The number of hydrogen-bond donors (Lipinski definition) is 0. The molecule has 0 saturated heterocycles. The highest BCUT2D eigenvalue weighted by molar-refractivity contribution is 7.00. The van der Waals surface area contributed by atoms with Crippen LogP contribution in [0.15, 0.2) is 249 Å². The average Bonchev–Trinajstić information content (AvgIpc) is 3.17. The fraction of sp³-hybridized carbons (Fsp3) is 0.108. The fourth-order valence-corrected chi connectivity index (χ4v) is 13.6. The average molecular weight is 1020 g/mol. The Kier molecular flexibility index (Phi) is 10.5. The Balaban J connectivity index is 1.08. The van der Waals surface area contributed by atoms with Gasteiger partial charge in [0.2, 0.25) is 0 Å². The van der Waals surface area contributed by atoms with E-state index in [0.717, 1.165) is 22.7 Å². The minimum absolute atomic E-state index is 0.108. The van der Waals surface area contributed by atoms with Crippen molar-refractivity contribution in [3.63, 3.8) is 0 Å². The molecular formula is C74H59BN4. The number of rotatable bonds is 6. The van der Waals surface area contributed by atoms with Gasteiger partial charge in [0, 0.05) is 66.8 Å². The first-order valence-electron chi connectivity index (χ1n) is 27.9. The van der Waals surface area contributed by atoms with Gasteiger partial charge in [-0.1, -0.05) is 217 Å². The quantitative estimate of drug-likeness (QED) is 0.154. The van der Waals surface area contributed by atoms with Crippen LogP contribution in [-0.4, -0.2) is 15.8 Å². The van der Waals surface area contributed by atoms with E-state index in [1.807, 2.05) is 0 Å². The van der Waals surface area contributed by atoms with Gasteiger partial charge < -0.3 is 18.9 Å².